The lowest BCUT2D eigenvalue weighted by molar-refractivity contribution is -0.131. The van der Waals surface area contributed by atoms with Crippen LogP contribution in [-0.4, -0.2) is 24.8 Å². The Morgan fingerprint density at radius 1 is 1.50 bits per heavy atom. The van der Waals surface area contributed by atoms with Gasteiger partial charge in [-0.3, -0.25) is 0 Å². The van der Waals surface area contributed by atoms with Gasteiger partial charge in [-0.15, -0.1) is 0 Å². The van der Waals surface area contributed by atoms with Gasteiger partial charge in [-0.2, -0.15) is 0 Å². The number of halogens is 1. The summed E-state index contributed by atoms with van der Waals surface area (Å²) >= 11 is 2.15. The summed E-state index contributed by atoms with van der Waals surface area (Å²) in [5.41, 5.74) is 0.766. The zero-order valence-electron chi connectivity index (χ0n) is 10.3. The monoisotopic (exact) mass is 362 g/mol. The third-order valence-electron chi connectivity index (χ3n) is 2.12. The van der Waals surface area contributed by atoms with Gasteiger partial charge in [-0.05, 0) is 52.8 Å². The quantitative estimate of drug-likeness (QED) is 0.624. The molecule has 0 saturated heterocycles. The first-order valence-corrected chi connectivity index (χ1v) is 6.57. The van der Waals surface area contributed by atoms with Crippen LogP contribution < -0.4 is 9.47 Å². The van der Waals surface area contributed by atoms with Crippen molar-refractivity contribution in [3.8, 4) is 11.5 Å². The number of hydrogen-bond acceptors (Lipinski definition) is 3. The van der Waals surface area contributed by atoms with Gasteiger partial charge in [0, 0.05) is 6.08 Å². The van der Waals surface area contributed by atoms with Gasteiger partial charge in [0.05, 0.1) is 17.3 Å². The summed E-state index contributed by atoms with van der Waals surface area (Å²) in [6, 6.07) is 3.61. The fourth-order valence-electron chi connectivity index (χ4n) is 1.35. The Kier molecular flexibility index (Phi) is 5.97. The van der Waals surface area contributed by atoms with Crippen molar-refractivity contribution in [1.29, 1.82) is 0 Å². The molecule has 0 spiro atoms. The number of carboxylic acid groups (broad SMARTS) is 1. The fourth-order valence-corrected chi connectivity index (χ4v) is 2.13. The molecule has 0 aliphatic carbocycles. The number of carboxylic acids is 1. The zero-order valence-corrected chi connectivity index (χ0v) is 12.4. The number of rotatable bonds is 6. The largest absolute Gasteiger partial charge is 0.493 e. The molecular weight excluding hydrogens is 347 g/mol. The summed E-state index contributed by atoms with van der Waals surface area (Å²) in [6.45, 7) is 2.65. The summed E-state index contributed by atoms with van der Waals surface area (Å²) in [6.07, 6.45) is 3.54. The molecule has 0 aromatic heterocycles. The first-order valence-electron chi connectivity index (χ1n) is 5.49. The van der Waals surface area contributed by atoms with Crippen LogP contribution >= 0.6 is 22.6 Å². The molecule has 1 N–H and O–H groups in total. The van der Waals surface area contributed by atoms with Crippen molar-refractivity contribution in [3.05, 3.63) is 27.3 Å². The summed E-state index contributed by atoms with van der Waals surface area (Å²) in [5.74, 6) is 0.336. The summed E-state index contributed by atoms with van der Waals surface area (Å²) < 4.78 is 11.8. The molecule has 0 aliphatic heterocycles. The molecule has 0 fully saturated rings. The van der Waals surface area contributed by atoms with Crippen LogP contribution in [0.4, 0.5) is 0 Å². The van der Waals surface area contributed by atoms with E-state index in [0.29, 0.717) is 18.1 Å². The molecule has 0 saturated carbocycles. The SMILES string of the molecule is CCCOc1c(I)cc(C=CC(=O)O)cc1OC. The minimum Gasteiger partial charge on any atom is -0.493 e. The fraction of sp³-hybridized carbons (Fsp3) is 0.308. The molecule has 98 valence electrons. The molecule has 5 heteroatoms. The van der Waals surface area contributed by atoms with Gasteiger partial charge in [0.1, 0.15) is 0 Å². The summed E-state index contributed by atoms with van der Waals surface area (Å²) in [5, 5.41) is 8.60. The van der Waals surface area contributed by atoms with E-state index >= 15 is 0 Å². The van der Waals surface area contributed by atoms with E-state index in [0.717, 1.165) is 21.6 Å². The Balaban J connectivity index is 3.06. The lowest BCUT2D eigenvalue weighted by Gasteiger charge is -2.12. The second-order valence-corrected chi connectivity index (χ2v) is 4.72. The zero-order chi connectivity index (χ0) is 13.5. The standard InChI is InChI=1S/C13H15IO4/c1-3-6-18-13-10(14)7-9(4-5-12(15)16)8-11(13)17-2/h4-5,7-8H,3,6H2,1-2H3,(H,15,16). The predicted octanol–water partition coefficient (Wildman–Crippen LogP) is 3.19. The van der Waals surface area contributed by atoms with Crippen molar-refractivity contribution >= 4 is 34.6 Å². The highest BCUT2D eigenvalue weighted by Gasteiger charge is 2.10. The maximum Gasteiger partial charge on any atom is 0.328 e. The molecule has 1 aromatic rings. The average Bonchev–Trinajstić information content (AvgIpc) is 2.34. The Morgan fingerprint density at radius 3 is 2.78 bits per heavy atom. The third kappa shape index (κ3) is 4.21. The van der Waals surface area contributed by atoms with E-state index in [2.05, 4.69) is 22.6 Å². The van der Waals surface area contributed by atoms with Gasteiger partial charge >= 0.3 is 5.97 Å². The van der Waals surface area contributed by atoms with Crippen LogP contribution in [0.3, 0.4) is 0 Å². The molecule has 0 heterocycles. The highest BCUT2D eigenvalue weighted by Crippen LogP contribution is 2.34. The van der Waals surface area contributed by atoms with Gasteiger partial charge in [0.25, 0.3) is 0 Å². The van der Waals surface area contributed by atoms with Gasteiger partial charge < -0.3 is 14.6 Å². The average molecular weight is 362 g/mol. The maximum absolute atomic E-state index is 10.5. The van der Waals surface area contributed by atoms with Crippen molar-refractivity contribution in [1.82, 2.24) is 0 Å². The van der Waals surface area contributed by atoms with Crippen LogP contribution in [0.25, 0.3) is 6.08 Å². The molecule has 0 amide bonds. The first kappa shape index (κ1) is 14.8. The number of aliphatic carboxylic acids is 1. The first-order chi connectivity index (χ1) is 8.58. The van der Waals surface area contributed by atoms with Crippen LogP contribution in [0, 0.1) is 3.57 Å². The minimum absolute atomic E-state index is 0.611. The molecule has 1 rings (SSSR count). The minimum atomic E-state index is -0.977. The molecular formula is C13H15IO4. The van der Waals surface area contributed by atoms with Gasteiger partial charge in [-0.25, -0.2) is 4.79 Å². The van der Waals surface area contributed by atoms with Crippen molar-refractivity contribution in [2.75, 3.05) is 13.7 Å². The normalized spacial score (nSPS) is 10.6. The molecule has 0 radical (unpaired) electrons. The molecule has 0 aliphatic rings. The van der Waals surface area contributed by atoms with E-state index in [4.69, 9.17) is 14.6 Å². The maximum atomic E-state index is 10.5. The van der Waals surface area contributed by atoms with E-state index < -0.39 is 5.97 Å². The van der Waals surface area contributed by atoms with Gasteiger partial charge in [-0.1, -0.05) is 6.92 Å². The molecule has 0 bridgehead atoms. The molecule has 0 unspecified atom stereocenters. The van der Waals surface area contributed by atoms with E-state index in [9.17, 15) is 4.79 Å². The van der Waals surface area contributed by atoms with E-state index in [-0.39, 0.29) is 0 Å². The number of benzene rings is 1. The molecule has 4 nitrogen and oxygen atoms in total. The highest BCUT2D eigenvalue weighted by molar-refractivity contribution is 14.1. The Labute approximate surface area is 120 Å². The molecule has 0 atom stereocenters. The lowest BCUT2D eigenvalue weighted by Crippen LogP contribution is -2.00. The van der Waals surface area contributed by atoms with Crippen molar-refractivity contribution in [2.45, 2.75) is 13.3 Å². The van der Waals surface area contributed by atoms with Crippen molar-refractivity contribution < 1.29 is 19.4 Å². The number of methoxy groups -OCH3 is 1. The van der Waals surface area contributed by atoms with Crippen LogP contribution in [0.15, 0.2) is 18.2 Å². The van der Waals surface area contributed by atoms with Gasteiger partial charge in [0.2, 0.25) is 0 Å². The smallest absolute Gasteiger partial charge is 0.328 e. The Morgan fingerprint density at radius 2 is 2.22 bits per heavy atom. The summed E-state index contributed by atoms with van der Waals surface area (Å²) in [7, 11) is 1.56. The Hall–Kier alpha value is -1.24. The third-order valence-corrected chi connectivity index (χ3v) is 2.92. The second kappa shape index (κ2) is 7.25. The second-order valence-electron chi connectivity index (χ2n) is 3.55. The van der Waals surface area contributed by atoms with Crippen molar-refractivity contribution in [3.63, 3.8) is 0 Å². The van der Waals surface area contributed by atoms with E-state index in [1.165, 1.54) is 6.08 Å². The predicted molar refractivity (Wildman–Crippen MR) is 78.2 cm³/mol. The van der Waals surface area contributed by atoms with Crippen LogP contribution in [-0.2, 0) is 4.79 Å². The highest BCUT2D eigenvalue weighted by atomic mass is 127. The van der Waals surface area contributed by atoms with Crippen LogP contribution in [0.2, 0.25) is 0 Å². The van der Waals surface area contributed by atoms with E-state index in [1.807, 2.05) is 13.0 Å². The molecule has 18 heavy (non-hydrogen) atoms. The van der Waals surface area contributed by atoms with Gasteiger partial charge in [0.15, 0.2) is 11.5 Å². The summed E-state index contributed by atoms with van der Waals surface area (Å²) in [4.78, 5) is 10.5. The number of hydrogen-bond donors (Lipinski definition) is 1. The lowest BCUT2D eigenvalue weighted by atomic mass is 10.2. The van der Waals surface area contributed by atoms with Crippen LogP contribution in [0.1, 0.15) is 18.9 Å². The van der Waals surface area contributed by atoms with Crippen LogP contribution in [0.5, 0.6) is 11.5 Å². The Bertz CT molecular complexity index is 455. The number of ether oxygens (including phenoxy) is 2. The molecule has 1 aromatic carbocycles. The van der Waals surface area contributed by atoms with Crippen molar-refractivity contribution in [2.24, 2.45) is 0 Å². The number of carbonyl (C=O) groups is 1. The topological polar surface area (TPSA) is 55.8 Å². The van der Waals surface area contributed by atoms with E-state index in [1.54, 1.807) is 13.2 Å².